The number of carbonyl (C=O) groups is 1. The molecule has 0 radical (unpaired) electrons. The number of nitrogens with zero attached hydrogens (tertiary/aromatic N) is 2. The standard InChI is InChI=1S/C21H26ClN3O2/c1-16-6-7-20(27-2)17(14-16)8-9-23-21(26)25-12-10-24(11-13-25)19-5-3-4-18(22)15-19/h3-7,14-15H,8-13H2,1-2H3,(H,23,26). The number of aryl methyl sites for hydroxylation is 1. The van der Waals surface area contributed by atoms with Crippen LogP contribution in [0.4, 0.5) is 10.5 Å². The molecule has 144 valence electrons. The van der Waals surface area contributed by atoms with Crippen LogP contribution in [0, 0.1) is 6.92 Å². The molecule has 1 aliphatic rings. The van der Waals surface area contributed by atoms with Crippen molar-refractivity contribution in [1.29, 1.82) is 0 Å². The van der Waals surface area contributed by atoms with Gasteiger partial charge in [-0.2, -0.15) is 0 Å². The van der Waals surface area contributed by atoms with Gasteiger partial charge in [0.25, 0.3) is 0 Å². The monoisotopic (exact) mass is 387 g/mol. The fourth-order valence-electron chi connectivity index (χ4n) is 3.36. The Morgan fingerprint density at radius 3 is 2.63 bits per heavy atom. The van der Waals surface area contributed by atoms with E-state index in [0.29, 0.717) is 19.6 Å². The number of hydrogen-bond acceptors (Lipinski definition) is 3. The first-order chi connectivity index (χ1) is 13.1. The molecule has 0 bridgehead atoms. The largest absolute Gasteiger partial charge is 0.496 e. The van der Waals surface area contributed by atoms with Crippen LogP contribution in [0.25, 0.3) is 0 Å². The van der Waals surface area contributed by atoms with Gasteiger partial charge in [0.2, 0.25) is 0 Å². The van der Waals surface area contributed by atoms with Crippen molar-refractivity contribution in [3.05, 3.63) is 58.6 Å². The van der Waals surface area contributed by atoms with Gasteiger partial charge in [-0.3, -0.25) is 0 Å². The normalized spacial score (nSPS) is 14.2. The van der Waals surface area contributed by atoms with Gasteiger partial charge in [0.1, 0.15) is 5.75 Å². The molecule has 0 unspecified atom stereocenters. The molecule has 3 rings (SSSR count). The number of ether oxygens (including phenoxy) is 1. The zero-order valence-corrected chi connectivity index (χ0v) is 16.6. The predicted molar refractivity (Wildman–Crippen MR) is 110 cm³/mol. The van der Waals surface area contributed by atoms with Crippen LogP contribution >= 0.6 is 11.6 Å². The highest BCUT2D eigenvalue weighted by molar-refractivity contribution is 6.30. The molecule has 0 atom stereocenters. The third-order valence-corrected chi connectivity index (χ3v) is 5.08. The second-order valence-corrected chi connectivity index (χ2v) is 7.19. The smallest absolute Gasteiger partial charge is 0.317 e. The summed E-state index contributed by atoms with van der Waals surface area (Å²) in [6, 6.07) is 13.9. The molecule has 0 spiro atoms. The quantitative estimate of drug-likeness (QED) is 0.850. The second-order valence-electron chi connectivity index (χ2n) is 6.75. The van der Waals surface area contributed by atoms with Crippen molar-refractivity contribution < 1.29 is 9.53 Å². The molecule has 0 aliphatic carbocycles. The fourth-order valence-corrected chi connectivity index (χ4v) is 3.54. The summed E-state index contributed by atoms with van der Waals surface area (Å²) in [6.07, 6.45) is 0.749. The van der Waals surface area contributed by atoms with Gasteiger partial charge in [0.05, 0.1) is 7.11 Å². The Hall–Kier alpha value is -2.40. The van der Waals surface area contributed by atoms with Crippen LogP contribution in [0.2, 0.25) is 5.02 Å². The lowest BCUT2D eigenvalue weighted by Crippen LogP contribution is -2.52. The molecule has 2 aromatic carbocycles. The van der Waals surface area contributed by atoms with Gasteiger partial charge in [-0.15, -0.1) is 0 Å². The highest BCUT2D eigenvalue weighted by atomic mass is 35.5. The van der Waals surface area contributed by atoms with Gasteiger partial charge in [-0.05, 0) is 43.2 Å². The molecule has 1 saturated heterocycles. The summed E-state index contributed by atoms with van der Waals surface area (Å²) in [4.78, 5) is 16.6. The van der Waals surface area contributed by atoms with E-state index >= 15 is 0 Å². The maximum absolute atomic E-state index is 12.5. The Kier molecular flexibility index (Phi) is 6.45. The highest BCUT2D eigenvalue weighted by Crippen LogP contribution is 2.21. The van der Waals surface area contributed by atoms with Gasteiger partial charge < -0.3 is 19.9 Å². The third kappa shape index (κ3) is 5.07. The van der Waals surface area contributed by atoms with Gasteiger partial charge >= 0.3 is 6.03 Å². The molecule has 0 saturated carbocycles. The summed E-state index contributed by atoms with van der Waals surface area (Å²) in [5.41, 5.74) is 3.41. The average Bonchev–Trinajstić information content (AvgIpc) is 2.68. The number of amides is 2. The first kappa shape index (κ1) is 19.4. The van der Waals surface area contributed by atoms with Crippen LogP contribution in [0.5, 0.6) is 5.75 Å². The topological polar surface area (TPSA) is 44.8 Å². The minimum absolute atomic E-state index is 0.00707. The molecule has 1 aliphatic heterocycles. The Balaban J connectivity index is 1.47. The highest BCUT2D eigenvalue weighted by Gasteiger charge is 2.21. The zero-order chi connectivity index (χ0) is 19.2. The molecular weight excluding hydrogens is 362 g/mol. The minimum Gasteiger partial charge on any atom is -0.496 e. The predicted octanol–water partition coefficient (Wildman–Crippen LogP) is 3.73. The molecule has 1 heterocycles. The van der Waals surface area contributed by atoms with E-state index in [4.69, 9.17) is 16.3 Å². The number of halogens is 1. The Morgan fingerprint density at radius 2 is 1.93 bits per heavy atom. The van der Waals surface area contributed by atoms with E-state index in [2.05, 4.69) is 29.3 Å². The zero-order valence-electron chi connectivity index (χ0n) is 15.9. The van der Waals surface area contributed by atoms with Crippen LogP contribution in [0.15, 0.2) is 42.5 Å². The number of carbonyl (C=O) groups excluding carboxylic acids is 1. The van der Waals surface area contributed by atoms with Crippen LogP contribution in [-0.2, 0) is 6.42 Å². The van der Waals surface area contributed by atoms with Crippen molar-refractivity contribution in [2.24, 2.45) is 0 Å². The van der Waals surface area contributed by atoms with Gasteiger partial charge in [0.15, 0.2) is 0 Å². The van der Waals surface area contributed by atoms with Crippen LogP contribution in [0.3, 0.4) is 0 Å². The Morgan fingerprint density at radius 1 is 1.15 bits per heavy atom. The molecule has 1 fully saturated rings. The number of anilines is 1. The number of rotatable bonds is 5. The van der Waals surface area contributed by atoms with E-state index in [1.807, 2.05) is 35.2 Å². The minimum atomic E-state index is -0.00707. The van der Waals surface area contributed by atoms with E-state index in [1.165, 1.54) is 5.56 Å². The Bertz CT molecular complexity index is 789. The number of urea groups is 1. The maximum atomic E-state index is 12.5. The second kappa shape index (κ2) is 9.00. The van der Waals surface area contributed by atoms with Gasteiger partial charge in [-0.1, -0.05) is 35.4 Å². The van der Waals surface area contributed by atoms with Crippen LogP contribution < -0.4 is 15.0 Å². The van der Waals surface area contributed by atoms with Crippen molar-refractivity contribution in [2.45, 2.75) is 13.3 Å². The van der Waals surface area contributed by atoms with Crippen molar-refractivity contribution >= 4 is 23.3 Å². The number of benzene rings is 2. The third-order valence-electron chi connectivity index (χ3n) is 4.85. The van der Waals surface area contributed by atoms with E-state index in [1.54, 1.807) is 7.11 Å². The molecule has 6 heteroatoms. The van der Waals surface area contributed by atoms with E-state index in [9.17, 15) is 4.79 Å². The molecule has 27 heavy (non-hydrogen) atoms. The van der Waals surface area contributed by atoms with Gasteiger partial charge in [-0.25, -0.2) is 4.79 Å². The van der Waals surface area contributed by atoms with Crippen molar-refractivity contribution in [2.75, 3.05) is 44.7 Å². The molecule has 2 amide bonds. The summed E-state index contributed by atoms with van der Waals surface area (Å²) >= 11 is 6.07. The summed E-state index contributed by atoms with van der Waals surface area (Å²) < 4.78 is 5.40. The summed E-state index contributed by atoms with van der Waals surface area (Å²) in [7, 11) is 1.67. The summed E-state index contributed by atoms with van der Waals surface area (Å²) in [6.45, 7) is 5.66. The van der Waals surface area contributed by atoms with Crippen molar-refractivity contribution in [3.63, 3.8) is 0 Å². The summed E-state index contributed by atoms with van der Waals surface area (Å²) in [5.74, 6) is 0.866. The molecule has 0 aromatic heterocycles. The number of nitrogens with one attached hydrogen (secondary N) is 1. The lowest BCUT2D eigenvalue weighted by Gasteiger charge is -2.36. The number of piperazine rings is 1. The van der Waals surface area contributed by atoms with Crippen LogP contribution in [-0.4, -0.2) is 50.8 Å². The van der Waals surface area contributed by atoms with E-state index in [-0.39, 0.29) is 6.03 Å². The Labute approximate surface area is 165 Å². The van der Waals surface area contributed by atoms with Crippen LogP contribution in [0.1, 0.15) is 11.1 Å². The molecule has 5 nitrogen and oxygen atoms in total. The molecule has 2 aromatic rings. The SMILES string of the molecule is COc1ccc(C)cc1CCNC(=O)N1CCN(c2cccc(Cl)c2)CC1. The van der Waals surface area contributed by atoms with E-state index in [0.717, 1.165) is 41.5 Å². The fraction of sp³-hybridized carbons (Fsp3) is 0.381. The number of hydrogen-bond donors (Lipinski definition) is 1. The van der Waals surface area contributed by atoms with Gasteiger partial charge in [0, 0.05) is 43.4 Å². The first-order valence-electron chi connectivity index (χ1n) is 9.23. The summed E-state index contributed by atoms with van der Waals surface area (Å²) in [5, 5.41) is 3.76. The lowest BCUT2D eigenvalue weighted by molar-refractivity contribution is 0.194. The maximum Gasteiger partial charge on any atom is 0.317 e. The number of methoxy groups -OCH3 is 1. The molecular formula is C21H26ClN3O2. The van der Waals surface area contributed by atoms with E-state index < -0.39 is 0 Å². The molecule has 1 N–H and O–H groups in total. The van der Waals surface area contributed by atoms with Crippen molar-refractivity contribution in [3.8, 4) is 5.75 Å². The van der Waals surface area contributed by atoms with Crippen molar-refractivity contribution in [1.82, 2.24) is 10.2 Å². The first-order valence-corrected chi connectivity index (χ1v) is 9.61. The lowest BCUT2D eigenvalue weighted by atomic mass is 10.1. The average molecular weight is 388 g/mol.